The maximum absolute atomic E-state index is 12.8. The second-order valence-electron chi connectivity index (χ2n) is 5.95. The van der Waals surface area contributed by atoms with Crippen LogP contribution in [0.3, 0.4) is 0 Å². The third kappa shape index (κ3) is 5.59. The van der Waals surface area contributed by atoms with E-state index in [9.17, 15) is 22.4 Å². The Morgan fingerprint density at radius 2 is 2.00 bits per heavy atom. The normalized spacial score (nSPS) is 20.3. The molecule has 0 saturated carbocycles. The number of ether oxygens (including phenoxy) is 1. The lowest BCUT2D eigenvalue weighted by molar-refractivity contribution is -0.155. The number of hydrogen-bond donors (Lipinski definition) is 1. The molecule has 1 saturated heterocycles. The van der Waals surface area contributed by atoms with Crippen molar-refractivity contribution in [2.75, 3.05) is 11.5 Å². The van der Waals surface area contributed by atoms with Crippen molar-refractivity contribution in [2.24, 2.45) is 5.92 Å². The van der Waals surface area contributed by atoms with Crippen LogP contribution in [-0.4, -0.2) is 37.9 Å². The van der Waals surface area contributed by atoms with Crippen molar-refractivity contribution >= 4 is 21.7 Å². The SMILES string of the molecule is CC(OC(=O)CC1CCS(=O)(=O)C1)C(=O)NCc1ccc(F)cc1. The Morgan fingerprint density at radius 3 is 2.58 bits per heavy atom. The van der Waals surface area contributed by atoms with Gasteiger partial charge in [0.15, 0.2) is 15.9 Å². The largest absolute Gasteiger partial charge is 0.453 e. The Labute approximate surface area is 140 Å². The van der Waals surface area contributed by atoms with Gasteiger partial charge in [-0.05, 0) is 37.0 Å². The van der Waals surface area contributed by atoms with E-state index in [1.54, 1.807) is 12.1 Å². The third-order valence-electron chi connectivity index (χ3n) is 3.84. The van der Waals surface area contributed by atoms with Crippen molar-refractivity contribution in [1.29, 1.82) is 0 Å². The van der Waals surface area contributed by atoms with Crippen LogP contribution in [0.25, 0.3) is 0 Å². The van der Waals surface area contributed by atoms with Gasteiger partial charge in [0.05, 0.1) is 11.5 Å². The molecule has 8 heteroatoms. The Balaban J connectivity index is 1.74. The lowest BCUT2D eigenvalue weighted by Gasteiger charge is -2.15. The predicted molar refractivity (Wildman–Crippen MR) is 85.2 cm³/mol. The molecule has 0 spiro atoms. The summed E-state index contributed by atoms with van der Waals surface area (Å²) in [6, 6.07) is 5.68. The molecule has 1 aromatic carbocycles. The highest BCUT2D eigenvalue weighted by molar-refractivity contribution is 7.91. The quantitative estimate of drug-likeness (QED) is 0.773. The number of sulfone groups is 1. The first kappa shape index (κ1) is 18.4. The molecule has 1 heterocycles. The number of halogens is 1. The zero-order valence-corrected chi connectivity index (χ0v) is 14.1. The molecule has 2 atom stereocenters. The van der Waals surface area contributed by atoms with Gasteiger partial charge < -0.3 is 10.1 Å². The lowest BCUT2D eigenvalue weighted by atomic mass is 10.1. The molecule has 1 N–H and O–H groups in total. The highest BCUT2D eigenvalue weighted by Gasteiger charge is 2.30. The molecule has 24 heavy (non-hydrogen) atoms. The summed E-state index contributed by atoms with van der Waals surface area (Å²) >= 11 is 0. The average molecular weight is 357 g/mol. The van der Waals surface area contributed by atoms with Crippen LogP contribution in [0.15, 0.2) is 24.3 Å². The Morgan fingerprint density at radius 1 is 1.33 bits per heavy atom. The van der Waals surface area contributed by atoms with Crippen molar-refractivity contribution in [1.82, 2.24) is 5.32 Å². The molecule has 0 bridgehead atoms. The van der Waals surface area contributed by atoms with Gasteiger partial charge in [-0.25, -0.2) is 12.8 Å². The molecular weight excluding hydrogens is 337 g/mol. The molecule has 6 nitrogen and oxygen atoms in total. The molecule has 2 rings (SSSR count). The van der Waals surface area contributed by atoms with E-state index >= 15 is 0 Å². The molecule has 0 aliphatic carbocycles. The van der Waals surface area contributed by atoms with Gasteiger partial charge in [-0.3, -0.25) is 9.59 Å². The highest BCUT2D eigenvalue weighted by atomic mass is 32.2. The zero-order valence-electron chi connectivity index (χ0n) is 13.3. The van der Waals surface area contributed by atoms with Crippen molar-refractivity contribution < 1.29 is 27.1 Å². The maximum Gasteiger partial charge on any atom is 0.306 e. The van der Waals surface area contributed by atoms with Crippen molar-refractivity contribution in [3.8, 4) is 0 Å². The van der Waals surface area contributed by atoms with Crippen LogP contribution >= 0.6 is 0 Å². The molecule has 1 fully saturated rings. The fraction of sp³-hybridized carbons (Fsp3) is 0.500. The number of carbonyl (C=O) groups is 2. The highest BCUT2D eigenvalue weighted by Crippen LogP contribution is 2.22. The number of benzene rings is 1. The summed E-state index contributed by atoms with van der Waals surface area (Å²) in [5, 5.41) is 2.60. The van der Waals surface area contributed by atoms with Gasteiger partial charge in [-0.2, -0.15) is 0 Å². The number of nitrogens with one attached hydrogen (secondary N) is 1. The Kier molecular flexibility index (Phi) is 5.93. The van der Waals surface area contributed by atoms with E-state index in [2.05, 4.69) is 5.32 Å². The second-order valence-corrected chi connectivity index (χ2v) is 8.18. The first-order chi connectivity index (χ1) is 11.2. The van der Waals surface area contributed by atoms with Crippen LogP contribution in [0.4, 0.5) is 4.39 Å². The smallest absolute Gasteiger partial charge is 0.306 e. The van der Waals surface area contributed by atoms with Crippen molar-refractivity contribution in [2.45, 2.75) is 32.4 Å². The van der Waals surface area contributed by atoms with E-state index in [0.29, 0.717) is 6.42 Å². The van der Waals surface area contributed by atoms with E-state index in [-0.39, 0.29) is 36.2 Å². The van der Waals surface area contributed by atoms with Gasteiger partial charge in [0.1, 0.15) is 5.82 Å². The molecule has 132 valence electrons. The summed E-state index contributed by atoms with van der Waals surface area (Å²) in [6.45, 7) is 1.64. The molecule has 1 aliphatic heterocycles. The van der Waals surface area contributed by atoms with E-state index in [4.69, 9.17) is 4.74 Å². The van der Waals surface area contributed by atoms with Gasteiger partial charge in [0.25, 0.3) is 5.91 Å². The first-order valence-corrected chi connectivity index (χ1v) is 9.49. The number of rotatable bonds is 6. The average Bonchev–Trinajstić information content (AvgIpc) is 2.84. The second kappa shape index (κ2) is 7.74. The molecule has 1 aliphatic rings. The molecule has 0 aromatic heterocycles. The lowest BCUT2D eigenvalue weighted by Crippen LogP contribution is -2.35. The van der Waals surface area contributed by atoms with Gasteiger partial charge in [-0.1, -0.05) is 12.1 Å². The van der Waals surface area contributed by atoms with Gasteiger partial charge in [0.2, 0.25) is 0 Å². The van der Waals surface area contributed by atoms with Gasteiger partial charge in [-0.15, -0.1) is 0 Å². The van der Waals surface area contributed by atoms with Crippen LogP contribution in [0.1, 0.15) is 25.3 Å². The first-order valence-electron chi connectivity index (χ1n) is 7.67. The molecule has 1 amide bonds. The minimum absolute atomic E-state index is 0.00515. The van der Waals surface area contributed by atoms with E-state index in [0.717, 1.165) is 5.56 Å². The number of hydrogen-bond acceptors (Lipinski definition) is 5. The minimum atomic E-state index is -3.04. The van der Waals surface area contributed by atoms with Crippen LogP contribution < -0.4 is 5.32 Å². The monoisotopic (exact) mass is 357 g/mol. The van der Waals surface area contributed by atoms with Crippen LogP contribution in [-0.2, 0) is 30.7 Å². The molecular formula is C16H20FNO5S. The minimum Gasteiger partial charge on any atom is -0.453 e. The van der Waals surface area contributed by atoms with Crippen molar-refractivity contribution in [3.63, 3.8) is 0 Å². The summed E-state index contributed by atoms with van der Waals surface area (Å²) in [5.41, 5.74) is 0.722. The summed E-state index contributed by atoms with van der Waals surface area (Å²) in [4.78, 5) is 23.7. The van der Waals surface area contributed by atoms with Crippen molar-refractivity contribution in [3.05, 3.63) is 35.6 Å². The Bertz CT molecular complexity index is 702. The standard InChI is InChI=1S/C16H20FNO5S/c1-11(16(20)18-9-12-2-4-14(17)5-3-12)23-15(19)8-13-6-7-24(21,22)10-13/h2-5,11,13H,6-10H2,1H3,(H,18,20). The summed E-state index contributed by atoms with van der Waals surface area (Å²) < 4.78 is 40.5. The molecule has 1 aromatic rings. The topological polar surface area (TPSA) is 89.5 Å². The van der Waals surface area contributed by atoms with E-state index in [1.165, 1.54) is 19.1 Å². The van der Waals surface area contributed by atoms with Crippen LogP contribution in [0.2, 0.25) is 0 Å². The maximum atomic E-state index is 12.8. The fourth-order valence-electron chi connectivity index (χ4n) is 2.50. The summed E-state index contributed by atoms with van der Waals surface area (Å²) in [7, 11) is -3.04. The zero-order chi connectivity index (χ0) is 17.7. The number of carbonyl (C=O) groups excluding carboxylic acids is 2. The predicted octanol–water partition coefficient (Wildman–Crippen LogP) is 1.20. The van der Waals surface area contributed by atoms with Crippen LogP contribution in [0.5, 0.6) is 0 Å². The Hall–Kier alpha value is -1.96. The summed E-state index contributed by atoms with van der Waals surface area (Å²) in [5.74, 6) is -1.56. The molecule has 0 radical (unpaired) electrons. The summed E-state index contributed by atoms with van der Waals surface area (Å²) in [6.07, 6.45) is -0.534. The fourth-order valence-corrected chi connectivity index (χ4v) is 4.36. The van der Waals surface area contributed by atoms with E-state index < -0.39 is 27.8 Å². The van der Waals surface area contributed by atoms with Gasteiger partial charge in [0, 0.05) is 13.0 Å². The molecule has 2 unspecified atom stereocenters. The number of amides is 1. The van der Waals surface area contributed by atoms with Gasteiger partial charge >= 0.3 is 5.97 Å². The van der Waals surface area contributed by atoms with Crippen LogP contribution in [0, 0.1) is 11.7 Å². The number of esters is 1. The third-order valence-corrected chi connectivity index (χ3v) is 5.68. The van der Waals surface area contributed by atoms with E-state index in [1.807, 2.05) is 0 Å².